The van der Waals surface area contributed by atoms with Gasteiger partial charge in [0.25, 0.3) is 0 Å². The van der Waals surface area contributed by atoms with Crippen LogP contribution in [0.15, 0.2) is 24.8 Å². The maximum Gasteiger partial charge on any atom is 0.227 e. The summed E-state index contributed by atoms with van der Waals surface area (Å²) in [6.45, 7) is 5.47. The molecular formula is C16H20N6O. The van der Waals surface area contributed by atoms with Gasteiger partial charge in [-0.1, -0.05) is 0 Å². The number of hydrogen-bond donors (Lipinski definition) is 0. The molecule has 0 unspecified atom stereocenters. The fourth-order valence-corrected chi connectivity index (χ4v) is 3.16. The van der Waals surface area contributed by atoms with Crippen LogP contribution in [0.3, 0.4) is 0 Å². The number of nitrogens with zero attached hydrogens (tertiary/aromatic N) is 6. The number of carbonyl (C=O) groups is 1. The van der Waals surface area contributed by atoms with Gasteiger partial charge in [0.2, 0.25) is 5.91 Å². The predicted octanol–water partition coefficient (Wildman–Crippen LogP) is 1.17. The maximum absolute atomic E-state index is 11.8. The molecule has 2 aliphatic heterocycles. The van der Waals surface area contributed by atoms with Gasteiger partial charge in [0.05, 0.1) is 29.3 Å². The zero-order valence-corrected chi connectivity index (χ0v) is 13.2. The van der Waals surface area contributed by atoms with Crippen LogP contribution in [0.4, 0.5) is 5.69 Å². The molecule has 0 aromatic carbocycles. The first kappa shape index (κ1) is 14.3. The van der Waals surface area contributed by atoms with Crippen LogP contribution in [0, 0.1) is 6.92 Å². The van der Waals surface area contributed by atoms with Gasteiger partial charge in [0.1, 0.15) is 0 Å². The fraction of sp³-hybridized carbons (Fsp3) is 0.500. The van der Waals surface area contributed by atoms with E-state index in [9.17, 15) is 4.79 Å². The molecule has 2 fully saturated rings. The van der Waals surface area contributed by atoms with Crippen LogP contribution in [0.1, 0.15) is 30.3 Å². The number of aryl methyl sites for hydroxylation is 1. The van der Waals surface area contributed by atoms with Gasteiger partial charge in [-0.25, -0.2) is 0 Å². The Morgan fingerprint density at radius 3 is 2.78 bits per heavy atom. The molecule has 2 aromatic heterocycles. The average molecular weight is 312 g/mol. The summed E-state index contributed by atoms with van der Waals surface area (Å²) in [5, 5.41) is 4.44. The van der Waals surface area contributed by atoms with Crippen molar-refractivity contribution in [2.45, 2.75) is 32.4 Å². The lowest BCUT2D eigenvalue weighted by Crippen LogP contribution is -2.47. The molecule has 0 spiro atoms. The molecule has 23 heavy (non-hydrogen) atoms. The molecule has 2 aliphatic rings. The Morgan fingerprint density at radius 1 is 1.22 bits per heavy atom. The van der Waals surface area contributed by atoms with Gasteiger partial charge >= 0.3 is 0 Å². The lowest BCUT2D eigenvalue weighted by molar-refractivity contribution is -0.117. The van der Waals surface area contributed by atoms with Gasteiger partial charge in [-0.3, -0.25) is 24.3 Å². The third-order valence-electron chi connectivity index (χ3n) is 4.51. The van der Waals surface area contributed by atoms with Crippen molar-refractivity contribution in [2.24, 2.45) is 0 Å². The number of anilines is 1. The van der Waals surface area contributed by atoms with Crippen LogP contribution in [0.25, 0.3) is 0 Å². The van der Waals surface area contributed by atoms with E-state index in [1.54, 1.807) is 12.4 Å². The van der Waals surface area contributed by atoms with Crippen LogP contribution in [-0.4, -0.2) is 50.2 Å². The molecule has 0 radical (unpaired) electrons. The molecule has 0 aliphatic carbocycles. The second-order valence-corrected chi connectivity index (χ2v) is 6.32. The molecular weight excluding hydrogens is 292 g/mol. The van der Waals surface area contributed by atoms with Crippen molar-refractivity contribution in [2.75, 3.05) is 24.5 Å². The SMILES string of the molecule is Cc1cnc(CN2CC(n3cc(N4CCCC4=O)cn3)C2)cn1. The molecule has 0 N–H and O–H groups in total. The van der Waals surface area contributed by atoms with E-state index in [0.29, 0.717) is 12.5 Å². The summed E-state index contributed by atoms with van der Waals surface area (Å²) in [7, 11) is 0. The second kappa shape index (κ2) is 5.73. The minimum absolute atomic E-state index is 0.206. The predicted molar refractivity (Wildman–Crippen MR) is 84.9 cm³/mol. The number of carbonyl (C=O) groups excluding carboxylic acids is 1. The van der Waals surface area contributed by atoms with Gasteiger partial charge in [-0.05, 0) is 13.3 Å². The van der Waals surface area contributed by atoms with E-state index in [1.807, 2.05) is 28.9 Å². The summed E-state index contributed by atoms with van der Waals surface area (Å²) in [5.41, 5.74) is 2.86. The van der Waals surface area contributed by atoms with E-state index < -0.39 is 0 Å². The highest BCUT2D eigenvalue weighted by Gasteiger charge is 2.30. The molecule has 7 heteroatoms. The van der Waals surface area contributed by atoms with E-state index in [4.69, 9.17) is 0 Å². The first-order valence-corrected chi connectivity index (χ1v) is 8.03. The summed E-state index contributed by atoms with van der Waals surface area (Å²) in [4.78, 5) is 24.6. The molecule has 0 saturated carbocycles. The Morgan fingerprint density at radius 2 is 2.09 bits per heavy atom. The van der Waals surface area contributed by atoms with Gasteiger partial charge < -0.3 is 4.90 Å². The standard InChI is InChI=1S/C16H20N6O/c1-12-5-18-13(6-17-12)8-20-9-15(10-20)22-11-14(7-19-22)21-4-2-3-16(21)23/h5-7,11,15H,2-4,8-10H2,1H3. The largest absolute Gasteiger partial charge is 0.309 e. The van der Waals surface area contributed by atoms with Gasteiger partial charge in [-0.2, -0.15) is 5.10 Å². The second-order valence-electron chi connectivity index (χ2n) is 6.32. The zero-order valence-electron chi connectivity index (χ0n) is 13.2. The van der Waals surface area contributed by atoms with E-state index in [2.05, 4.69) is 20.0 Å². The lowest BCUT2D eigenvalue weighted by atomic mass is 10.1. The van der Waals surface area contributed by atoms with Crippen molar-refractivity contribution in [3.63, 3.8) is 0 Å². The van der Waals surface area contributed by atoms with Crippen LogP contribution in [0.5, 0.6) is 0 Å². The Balaban J connectivity index is 1.34. The van der Waals surface area contributed by atoms with Crippen molar-refractivity contribution < 1.29 is 4.79 Å². The van der Waals surface area contributed by atoms with E-state index in [1.165, 1.54) is 0 Å². The summed E-state index contributed by atoms with van der Waals surface area (Å²) in [6.07, 6.45) is 9.04. The monoisotopic (exact) mass is 312 g/mol. The molecule has 4 rings (SSSR count). The topological polar surface area (TPSA) is 67.2 Å². The normalized spacial score (nSPS) is 19.3. The van der Waals surface area contributed by atoms with Crippen molar-refractivity contribution in [3.05, 3.63) is 36.2 Å². The number of amides is 1. The minimum Gasteiger partial charge on any atom is -0.309 e. The Hall–Kier alpha value is -2.28. The molecule has 2 aromatic rings. The van der Waals surface area contributed by atoms with Crippen LogP contribution in [-0.2, 0) is 11.3 Å². The number of aromatic nitrogens is 4. The van der Waals surface area contributed by atoms with E-state index >= 15 is 0 Å². The highest BCUT2D eigenvalue weighted by molar-refractivity contribution is 5.95. The van der Waals surface area contributed by atoms with Crippen LogP contribution in [0.2, 0.25) is 0 Å². The molecule has 0 bridgehead atoms. The Kier molecular flexibility index (Phi) is 3.57. The number of likely N-dealkylation sites (tertiary alicyclic amines) is 1. The van der Waals surface area contributed by atoms with Crippen molar-refractivity contribution in [1.82, 2.24) is 24.6 Å². The van der Waals surface area contributed by atoms with Crippen molar-refractivity contribution in [1.29, 1.82) is 0 Å². The fourth-order valence-electron chi connectivity index (χ4n) is 3.16. The zero-order chi connectivity index (χ0) is 15.8. The van der Waals surface area contributed by atoms with Crippen LogP contribution >= 0.6 is 0 Å². The van der Waals surface area contributed by atoms with Crippen LogP contribution < -0.4 is 4.90 Å². The summed E-state index contributed by atoms with van der Waals surface area (Å²) >= 11 is 0. The van der Waals surface area contributed by atoms with Crippen molar-refractivity contribution >= 4 is 11.6 Å². The van der Waals surface area contributed by atoms with Gasteiger partial charge in [0, 0.05) is 51.2 Å². The summed E-state index contributed by atoms with van der Waals surface area (Å²) < 4.78 is 1.98. The Bertz CT molecular complexity index is 704. The number of hydrogen-bond acceptors (Lipinski definition) is 5. The third-order valence-corrected chi connectivity index (χ3v) is 4.51. The quantitative estimate of drug-likeness (QED) is 0.847. The average Bonchev–Trinajstić information content (AvgIpc) is 3.13. The smallest absolute Gasteiger partial charge is 0.227 e. The molecule has 7 nitrogen and oxygen atoms in total. The first-order chi connectivity index (χ1) is 11.2. The van der Waals surface area contributed by atoms with Crippen molar-refractivity contribution in [3.8, 4) is 0 Å². The minimum atomic E-state index is 0.206. The maximum atomic E-state index is 11.8. The lowest BCUT2D eigenvalue weighted by Gasteiger charge is -2.38. The third kappa shape index (κ3) is 2.84. The van der Waals surface area contributed by atoms with E-state index in [0.717, 1.165) is 49.7 Å². The Labute approximate surface area is 134 Å². The molecule has 1 amide bonds. The summed E-state index contributed by atoms with van der Waals surface area (Å²) in [6, 6.07) is 0.375. The van der Waals surface area contributed by atoms with E-state index in [-0.39, 0.29) is 5.91 Å². The molecule has 120 valence electrons. The van der Waals surface area contributed by atoms with Gasteiger partial charge in [0.15, 0.2) is 0 Å². The number of rotatable bonds is 4. The highest BCUT2D eigenvalue weighted by Crippen LogP contribution is 2.26. The molecule has 0 atom stereocenters. The first-order valence-electron chi connectivity index (χ1n) is 8.03. The molecule has 2 saturated heterocycles. The highest BCUT2D eigenvalue weighted by atomic mass is 16.2. The summed E-state index contributed by atoms with van der Waals surface area (Å²) in [5.74, 6) is 0.206. The van der Waals surface area contributed by atoms with Gasteiger partial charge in [-0.15, -0.1) is 0 Å². The molecule has 4 heterocycles.